The maximum absolute atomic E-state index is 12.6. The maximum atomic E-state index is 12.6. The molecule has 2 rings (SSSR count). The Kier molecular flexibility index (Phi) is 4.89. The third-order valence-electron chi connectivity index (χ3n) is 3.72. The minimum atomic E-state index is -4.19. The van der Waals surface area contributed by atoms with Gasteiger partial charge in [-0.2, -0.15) is 13.2 Å². The van der Waals surface area contributed by atoms with Gasteiger partial charge in [0.15, 0.2) is 0 Å². The number of halogens is 4. The van der Waals surface area contributed by atoms with Crippen molar-refractivity contribution in [2.24, 2.45) is 17.6 Å². The first-order chi connectivity index (χ1) is 7.88. The van der Waals surface area contributed by atoms with Crippen molar-refractivity contribution in [3.63, 3.8) is 0 Å². The van der Waals surface area contributed by atoms with Crippen LogP contribution in [0.3, 0.4) is 0 Å². The number of carbonyl (C=O) groups is 1. The first-order valence-electron chi connectivity index (χ1n) is 5.99. The molecule has 1 aliphatic carbocycles. The van der Waals surface area contributed by atoms with Gasteiger partial charge in [-0.05, 0) is 25.7 Å². The minimum absolute atomic E-state index is 0. The monoisotopic (exact) mass is 286 g/mol. The lowest BCUT2D eigenvalue weighted by atomic mass is 9.79. The predicted molar refractivity (Wildman–Crippen MR) is 63.3 cm³/mol. The van der Waals surface area contributed by atoms with Gasteiger partial charge in [-0.25, -0.2) is 0 Å². The molecule has 7 heteroatoms. The molecule has 1 aliphatic heterocycles. The zero-order chi connectivity index (χ0) is 12.6. The van der Waals surface area contributed by atoms with Crippen LogP contribution in [0.1, 0.15) is 25.7 Å². The van der Waals surface area contributed by atoms with Crippen LogP contribution < -0.4 is 5.73 Å². The normalized spacial score (nSPS) is 32.4. The SMILES string of the molecule is Cl.NC1CC(C(=O)N2CCCC(C(F)(F)F)C2)C1. The summed E-state index contributed by atoms with van der Waals surface area (Å²) in [6.45, 7) is 0.283. The molecule has 0 aromatic carbocycles. The van der Waals surface area contributed by atoms with Gasteiger partial charge in [0.2, 0.25) is 5.91 Å². The molecule has 0 aromatic rings. The average Bonchev–Trinajstić information content (AvgIpc) is 2.23. The lowest BCUT2D eigenvalue weighted by Gasteiger charge is -2.39. The highest BCUT2D eigenvalue weighted by atomic mass is 35.5. The predicted octanol–water partition coefficient (Wildman–Crippen LogP) is 1.95. The molecule has 1 saturated heterocycles. The summed E-state index contributed by atoms with van der Waals surface area (Å²) in [5.74, 6) is -1.63. The number of nitrogens with zero attached hydrogens (tertiary/aromatic N) is 1. The number of carbonyl (C=O) groups excluding carboxylic acids is 1. The van der Waals surface area contributed by atoms with Gasteiger partial charge < -0.3 is 10.6 Å². The molecule has 2 N–H and O–H groups in total. The lowest BCUT2D eigenvalue weighted by molar-refractivity contribution is -0.189. The smallest absolute Gasteiger partial charge is 0.342 e. The number of hydrogen-bond acceptors (Lipinski definition) is 2. The first kappa shape index (κ1) is 15.6. The summed E-state index contributed by atoms with van der Waals surface area (Å²) in [5, 5.41) is 0. The molecular formula is C11H18ClF3N2O. The van der Waals surface area contributed by atoms with Crippen molar-refractivity contribution < 1.29 is 18.0 Å². The van der Waals surface area contributed by atoms with E-state index in [4.69, 9.17) is 5.73 Å². The van der Waals surface area contributed by atoms with Gasteiger partial charge in [-0.15, -0.1) is 12.4 Å². The Hall–Kier alpha value is -0.490. The molecule has 1 atom stereocenters. The van der Waals surface area contributed by atoms with Crippen molar-refractivity contribution in [3.8, 4) is 0 Å². The van der Waals surface area contributed by atoms with Crippen molar-refractivity contribution >= 4 is 18.3 Å². The van der Waals surface area contributed by atoms with Gasteiger partial charge >= 0.3 is 6.18 Å². The van der Waals surface area contributed by atoms with Crippen LogP contribution in [-0.2, 0) is 4.79 Å². The van der Waals surface area contributed by atoms with E-state index in [1.165, 1.54) is 4.90 Å². The summed E-state index contributed by atoms with van der Waals surface area (Å²) in [5.41, 5.74) is 5.58. The summed E-state index contributed by atoms with van der Waals surface area (Å²) in [6.07, 6.45) is -2.38. The molecule has 1 saturated carbocycles. The van der Waals surface area contributed by atoms with Crippen LogP contribution >= 0.6 is 12.4 Å². The number of amides is 1. The second kappa shape index (κ2) is 5.65. The summed E-state index contributed by atoms with van der Waals surface area (Å²) in [7, 11) is 0. The van der Waals surface area contributed by atoms with E-state index in [1.807, 2.05) is 0 Å². The van der Waals surface area contributed by atoms with Crippen LogP contribution in [0.2, 0.25) is 0 Å². The molecule has 2 aliphatic rings. The quantitative estimate of drug-likeness (QED) is 0.801. The Labute approximate surface area is 110 Å². The maximum Gasteiger partial charge on any atom is 0.393 e. The van der Waals surface area contributed by atoms with Crippen LogP contribution in [0.4, 0.5) is 13.2 Å². The van der Waals surface area contributed by atoms with E-state index in [0.29, 0.717) is 25.8 Å². The lowest BCUT2D eigenvalue weighted by Crippen LogP contribution is -2.51. The van der Waals surface area contributed by atoms with E-state index < -0.39 is 12.1 Å². The molecule has 0 radical (unpaired) electrons. The summed E-state index contributed by atoms with van der Waals surface area (Å²) in [4.78, 5) is 13.3. The highest BCUT2D eigenvalue weighted by Crippen LogP contribution is 2.35. The molecule has 2 fully saturated rings. The van der Waals surface area contributed by atoms with E-state index in [2.05, 4.69) is 0 Å². The third-order valence-corrected chi connectivity index (χ3v) is 3.72. The first-order valence-corrected chi connectivity index (χ1v) is 5.99. The fraction of sp³-hybridized carbons (Fsp3) is 0.909. The second-order valence-corrected chi connectivity index (χ2v) is 5.09. The molecule has 1 amide bonds. The topological polar surface area (TPSA) is 46.3 Å². The van der Waals surface area contributed by atoms with Crippen LogP contribution in [0.5, 0.6) is 0 Å². The minimum Gasteiger partial charge on any atom is -0.342 e. The Balaban J connectivity index is 0.00000162. The number of likely N-dealkylation sites (tertiary alicyclic amines) is 1. The largest absolute Gasteiger partial charge is 0.393 e. The van der Waals surface area contributed by atoms with Crippen LogP contribution in [0.15, 0.2) is 0 Å². The molecule has 0 bridgehead atoms. The number of nitrogens with two attached hydrogens (primary N) is 1. The van der Waals surface area contributed by atoms with Crippen molar-refractivity contribution in [1.29, 1.82) is 0 Å². The molecular weight excluding hydrogens is 269 g/mol. The zero-order valence-corrected chi connectivity index (χ0v) is 10.8. The molecule has 106 valence electrons. The fourth-order valence-electron chi connectivity index (χ4n) is 2.57. The highest BCUT2D eigenvalue weighted by molar-refractivity contribution is 5.85. The Morgan fingerprint density at radius 2 is 1.89 bits per heavy atom. The average molecular weight is 287 g/mol. The molecule has 3 nitrogen and oxygen atoms in total. The van der Waals surface area contributed by atoms with E-state index >= 15 is 0 Å². The van der Waals surface area contributed by atoms with Gasteiger partial charge in [-0.3, -0.25) is 4.79 Å². The third kappa shape index (κ3) is 3.29. The van der Waals surface area contributed by atoms with Crippen LogP contribution in [-0.4, -0.2) is 36.1 Å². The number of hydrogen-bond donors (Lipinski definition) is 1. The van der Waals surface area contributed by atoms with E-state index in [9.17, 15) is 18.0 Å². The van der Waals surface area contributed by atoms with Crippen molar-refractivity contribution in [1.82, 2.24) is 4.90 Å². The number of rotatable bonds is 1. The Morgan fingerprint density at radius 3 is 2.39 bits per heavy atom. The summed E-state index contributed by atoms with van der Waals surface area (Å²) >= 11 is 0. The van der Waals surface area contributed by atoms with Crippen LogP contribution in [0, 0.1) is 11.8 Å². The van der Waals surface area contributed by atoms with Gasteiger partial charge in [0.05, 0.1) is 5.92 Å². The van der Waals surface area contributed by atoms with Crippen molar-refractivity contribution in [2.75, 3.05) is 13.1 Å². The van der Waals surface area contributed by atoms with E-state index in [-0.39, 0.29) is 43.2 Å². The van der Waals surface area contributed by atoms with Crippen molar-refractivity contribution in [3.05, 3.63) is 0 Å². The summed E-state index contributed by atoms with van der Waals surface area (Å²) in [6, 6.07) is 0.0483. The Morgan fingerprint density at radius 1 is 1.28 bits per heavy atom. The standard InChI is InChI=1S/C11H17F3N2O.ClH/c12-11(13,14)8-2-1-3-16(6-8)10(17)7-4-9(15)5-7;/h7-9H,1-6,15H2;1H. The molecule has 0 spiro atoms. The van der Waals surface area contributed by atoms with E-state index in [0.717, 1.165) is 0 Å². The second-order valence-electron chi connectivity index (χ2n) is 5.09. The molecule has 1 unspecified atom stereocenters. The number of alkyl halides is 3. The summed E-state index contributed by atoms with van der Waals surface area (Å²) < 4.78 is 37.7. The Bertz CT molecular complexity index is 305. The number of piperidine rings is 1. The molecule has 0 aromatic heterocycles. The van der Waals surface area contributed by atoms with Gasteiger partial charge in [-0.1, -0.05) is 0 Å². The fourth-order valence-corrected chi connectivity index (χ4v) is 2.57. The zero-order valence-electron chi connectivity index (χ0n) is 9.95. The van der Waals surface area contributed by atoms with Crippen LogP contribution in [0.25, 0.3) is 0 Å². The van der Waals surface area contributed by atoms with Crippen molar-refractivity contribution in [2.45, 2.75) is 37.9 Å². The highest BCUT2D eigenvalue weighted by Gasteiger charge is 2.44. The van der Waals surface area contributed by atoms with Gasteiger partial charge in [0.1, 0.15) is 0 Å². The van der Waals surface area contributed by atoms with E-state index in [1.54, 1.807) is 0 Å². The molecule has 1 heterocycles. The molecule has 18 heavy (non-hydrogen) atoms. The van der Waals surface area contributed by atoms with Gasteiger partial charge in [0, 0.05) is 25.0 Å². The van der Waals surface area contributed by atoms with Gasteiger partial charge in [0.25, 0.3) is 0 Å².